The maximum atomic E-state index is 13.7. The average molecular weight is 613 g/mol. The lowest BCUT2D eigenvalue weighted by atomic mass is 10.0. The van der Waals surface area contributed by atoms with Crippen molar-refractivity contribution in [1.29, 1.82) is 0 Å². The van der Waals surface area contributed by atoms with Gasteiger partial charge in [-0.15, -0.1) is 0 Å². The summed E-state index contributed by atoms with van der Waals surface area (Å²) in [6.07, 6.45) is -2.30. The van der Waals surface area contributed by atoms with Crippen LogP contribution in [0, 0.1) is 0 Å². The molecule has 0 aliphatic heterocycles. The molecule has 232 valence electrons. The van der Waals surface area contributed by atoms with Gasteiger partial charge in [-0.3, -0.25) is 18.7 Å². The lowest BCUT2D eigenvalue weighted by Gasteiger charge is -2.13. The van der Waals surface area contributed by atoms with Crippen LogP contribution in [-0.2, 0) is 28.7 Å². The van der Waals surface area contributed by atoms with E-state index in [1.807, 2.05) is 6.92 Å². The van der Waals surface area contributed by atoms with Gasteiger partial charge in [0.25, 0.3) is 18.8 Å². The molecule has 5 N–H and O–H groups in total. The van der Waals surface area contributed by atoms with Gasteiger partial charge in [-0.2, -0.15) is 18.3 Å². The van der Waals surface area contributed by atoms with Crippen LogP contribution in [-0.4, -0.2) is 74.4 Å². The van der Waals surface area contributed by atoms with Gasteiger partial charge in [-0.1, -0.05) is 6.92 Å². The van der Waals surface area contributed by atoms with E-state index >= 15 is 0 Å². The fourth-order valence-corrected chi connectivity index (χ4v) is 4.10. The molecule has 0 aliphatic rings. The molecule has 12 nitrogen and oxygen atoms in total. The third-order valence-corrected chi connectivity index (χ3v) is 5.85. The molecule has 0 saturated carbocycles. The second-order valence-electron chi connectivity index (χ2n) is 8.73. The zero-order valence-corrected chi connectivity index (χ0v) is 22.8. The number of alkyl halides is 5. The molecule has 0 unspecified atom stereocenters. The highest BCUT2D eigenvalue weighted by atomic mass is 19.4. The number of carboxylic acid groups (broad SMARTS) is 1. The number of ether oxygens (including phenoxy) is 1. The SMILES string of the molecule is CCc1cc(Nc2nccn3c(-c4cn(CC(F)F)nc4C(F)(F)F)cnc23)ccc1C(=O)NCCOCCN.O=CO. The van der Waals surface area contributed by atoms with E-state index in [0.29, 0.717) is 48.7 Å². The summed E-state index contributed by atoms with van der Waals surface area (Å²) >= 11 is 0. The van der Waals surface area contributed by atoms with E-state index in [1.54, 1.807) is 18.2 Å². The van der Waals surface area contributed by atoms with Crippen molar-refractivity contribution in [1.82, 2.24) is 29.5 Å². The zero-order chi connectivity index (χ0) is 31.6. The maximum absolute atomic E-state index is 13.7. The Labute approximate surface area is 241 Å². The highest BCUT2D eigenvalue weighted by molar-refractivity contribution is 5.96. The van der Waals surface area contributed by atoms with E-state index in [-0.39, 0.29) is 29.5 Å². The van der Waals surface area contributed by atoms with Crippen LogP contribution in [0.1, 0.15) is 28.5 Å². The number of nitrogens with one attached hydrogen (secondary N) is 2. The summed E-state index contributed by atoms with van der Waals surface area (Å²) in [5.41, 5.74) is 5.70. The number of hydrogen-bond donors (Lipinski definition) is 4. The van der Waals surface area contributed by atoms with Crippen LogP contribution < -0.4 is 16.4 Å². The van der Waals surface area contributed by atoms with Gasteiger partial charge in [0.2, 0.25) is 0 Å². The van der Waals surface area contributed by atoms with Gasteiger partial charge in [0.15, 0.2) is 17.2 Å². The molecule has 17 heteroatoms. The molecular weight excluding hydrogens is 583 g/mol. The number of rotatable bonds is 12. The molecule has 4 rings (SSSR count). The molecule has 0 saturated heterocycles. The number of imidazole rings is 1. The predicted octanol–water partition coefficient (Wildman–Crippen LogP) is 3.59. The second kappa shape index (κ2) is 15.0. The number of amides is 1. The van der Waals surface area contributed by atoms with Crippen molar-refractivity contribution in [2.45, 2.75) is 32.5 Å². The number of nitrogens with zero attached hydrogens (tertiary/aromatic N) is 5. The van der Waals surface area contributed by atoms with Crippen molar-refractivity contribution >= 4 is 29.5 Å². The number of benzene rings is 1. The highest BCUT2D eigenvalue weighted by Gasteiger charge is 2.38. The Balaban J connectivity index is 0.00000162. The first-order valence-electron chi connectivity index (χ1n) is 12.8. The Hall–Kier alpha value is -4.64. The molecule has 3 heterocycles. The van der Waals surface area contributed by atoms with Gasteiger partial charge >= 0.3 is 6.18 Å². The highest BCUT2D eigenvalue weighted by Crippen LogP contribution is 2.37. The van der Waals surface area contributed by atoms with E-state index in [1.165, 1.54) is 23.0 Å². The van der Waals surface area contributed by atoms with E-state index in [9.17, 15) is 26.7 Å². The molecule has 0 fully saturated rings. The van der Waals surface area contributed by atoms with Crippen molar-refractivity contribution in [2.75, 3.05) is 31.6 Å². The minimum atomic E-state index is -4.87. The van der Waals surface area contributed by atoms with Gasteiger partial charge in [-0.25, -0.2) is 18.7 Å². The summed E-state index contributed by atoms with van der Waals surface area (Å²) in [5, 5.41) is 16.1. The number of halogens is 5. The average Bonchev–Trinajstić information content (AvgIpc) is 3.57. The molecule has 1 amide bonds. The number of hydrogen-bond acceptors (Lipinski definition) is 8. The summed E-state index contributed by atoms with van der Waals surface area (Å²) < 4.78 is 73.9. The second-order valence-corrected chi connectivity index (χ2v) is 8.73. The van der Waals surface area contributed by atoms with Crippen LogP contribution in [0.15, 0.2) is 43.0 Å². The standard InChI is InChI=1S/C25H27F5N8O2.CH2O2/c1-2-15-11-16(3-4-17(15)24(39)33-7-10-40-9-5-31)35-22-23-34-12-19(38(23)8-6-32-22)18-13-37(14-20(26)27)36-21(18)25(28,29)30;2-1-3/h3-4,6,8,11-13,20H,2,5,7,9-10,14,31H2,1H3,(H,32,35)(H,33,39);1H,(H,2,3). The Kier molecular flexibility index (Phi) is 11.5. The van der Waals surface area contributed by atoms with Gasteiger partial charge in [0, 0.05) is 42.9 Å². The zero-order valence-electron chi connectivity index (χ0n) is 22.8. The molecule has 0 spiro atoms. The first kappa shape index (κ1) is 32.9. The first-order chi connectivity index (χ1) is 20.5. The fourth-order valence-electron chi connectivity index (χ4n) is 4.10. The third kappa shape index (κ3) is 8.45. The minimum Gasteiger partial charge on any atom is -0.483 e. The summed E-state index contributed by atoms with van der Waals surface area (Å²) in [7, 11) is 0. The number of fused-ring (bicyclic) bond motifs is 1. The van der Waals surface area contributed by atoms with Crippen molar-refractivity contribution in [3.8, 4) is 11.3 Å². The first-order valence-corrected chi connectivity index (χ1v) is 12.8. The molecule has 0 atom stereocenters. The van der Waals surface area contributed by atoms with Crippen LogP contribution in [0.2, 0.25) is 0 Å². The van der Waals surface area contributed by atoms with E-state index < -0.39 is 30.4 Å². The van der Waals surface area contributed by atoms with Crippen molar-refractivity contribution in [3.63, 3.8) is 0 Å². The van der Waals surface area contributed by atoms with Crippen LogP contribution in [0.25, 0.3) is 16.9 Å². The van der Waals surface area contributed by atoms with E-state index in [4.69, 9.17) is 20.4 Å². The summed E-state index contributed by atoms with van der Waals surface area (Å²) in [4.78, 5) is 29.5. The number of carbonyl (C=O) groups excluding carboxylic acids is 1. The smallest absolute Gasteiger partial charge is 0.435 e. The van der Waals surface area contributed by atoms with Crippen LogP contribution in [0.4, 0.5) is 33.5 Å². The van der Waals surface area contributed by atoms with E-state index in [2.05, 4.69) is 25.7 Å². The van der Waals surface area contributed by atoms with Gasteiger partial charge < -0.3 is 26.2 Å². The number of aryl methyl sites for hydroxylation is 1. The topological polar surface area (TPSA) is 162 Å². The van der Waals surface area contributed by atoms with Crippen molar-refractivity contribution in [2.24, 2.45) is 5.73 Å². The lowest BCUT2D eigenvalue weighted by Crippen LogP contribution is -2.28. The molecule has 43 heavy (non-hydrogen) atoms. The van der Waals surface area contributed by atoms with Gasteiger partial charge in [0.05, 0.1) is 30.7 Å². The molecule has 0 radical (unpaired) electrons. The Morgan fingerprint density at radius 1 is 1.23 bits per heavy atom. The molecule has 4 aromatic rings. The monoisotopic (exact) mass is 612 g/mol. The Morgan fingerprint density at radius 2 is 1.98 bits per heavy atom. The quantitative estimate of drug-likeness (QED) is 0.106. The predicted molar refractivity (Wildman–Crippen MR) is 145 cm³/mol. The van der Waals surface area contributed by atoms with Gasteiger partial charge in [-0.05, 0) is 30.2 Å². The summed E-state index contributed by atoms with van der Waals surface area (Å²) in [5.74, 6) is -0.0238. The fraction of sp³-hybridized carbons (Fsp3) is 0.346. The molecule has 0 bridgehead atoms. The van der Waals surface area contributed by atoms with Crippen molar-refractivity contribution < 1.29 is 41.4 Å². The summed E-state index contributed by atoms with van der Waals surface area (Å²) in [6.45, 7) is 2.13. The number of nitrogens with two attached hydrogens (primary N) is 1. The molecule has 0 aliphatic carbocycles. The Morgan fingerprint density at radius 3 is 2.63 bits per heavy atom. The lowest BCUT2D eigenvalue weighted by molar-refractivity contribution is -0.141. The molecule has 3 aromatic heterocycles. The van der Waals surface area contributed by atoms with E-state index in [0.717, 1.165) is 11.8 Å². The van der Waals surface area contributed by atoms with Crippen LogP contribution in [0.3, 0.4) is 0 Å². The molecule has 1 aromatic carbocycles. The largest absolute Gasteiger partial charge is 0.483 e. The normalized spacial score (nSPS) is 11.3. The van der Waals surface area contributed by atoms with Crippen LogP contribution in [0.5, 0.6) is 0 Å². The number of aromatic nitrogens is 5. The maximum Gasteiger partial charge on any atom is 0.435 e. The molecular formula is C26H29F5N8O4. The number of carbonyl (C=O) groups is 2. The Bertz CT molecular complexity index is 1520. The van der Waals surface area contributed by atoms with Crippen molar-refractivity contribution in [3.05, 3.63) is 59.8 Å². The van der Waals surface area contributed by atoms with Gasteiger partial charge in [0.1, 0.15) is 6.54 Å². The summed E-state index contributed by atoms with van der Waals surface area (Å²) in [6, 6.07) is 5.09. The van der Waals surface area contributed by atoms with Crippen LogP contribution >= 0.6 is 0 Å². The minimum absolute atomic E-state index is 0.00463. The number of anilines is 2. The third-order valence-electron chi connectivity index (χ3n) is 5.85.